The van der Waals surface area contributed by atoms with Crippen LogP contribution in [0.1, 0.15) is 34.3 Å². The molecule has 3 aromatic rings. The van der Waals surface area contributed by atoms with E-state index < -0.39 is 0 Å². The van der Waals surface area contributed by atoms with Gasteiger partial charge in [-0.15, -0.1) is 0 Å². The summed E-state index contributed by atoms with van der Waals surface area (Å²) in [7, 11) is 1.63. The van der Waals surface area contributed by atoms with Crippen molar-refractivity contribution in [1.82, 2.24) is 15.3 Å². The molecule has 1 N–H and O–H groups in total. The quantitative estimate of drug-likeness (QED) is 0.549. The highest BCUT2D eigenvalue weighted by molar-refractivity contribution is 5.96. The molecule has 1 atom stereocenters. The average molecular weight is 461 g/mol. The van der Waals surface area contributed by atoms with E-state index in [2.05, 4.69) is 32.3 Å². The Bertz CT molecular complexity index is 1150. The van der Waals surface area contributed by atoms with Crippen molar-refractivity contribution in [2.45, 2.75) is 32.0 Å². The zero-order chi connectivity index (χ0) is 23.3. The molecule has 0 aliphatic carbocycles. The van der Waals surface area contributed by atoms with Crippen LogP contribution in [0.5, 0.6) is 11.6 Å². The number of nitrogens with one attached hydrogen (secondary N) is 1. The maximum Gasteiger partial charge on any atom is 0.258 e. The number of benzene rings is 2. The van der Waals surface area contributed by atoms with Gasteiger partial charge in [0, 0.05) is 31.6 Å². The lowest BCUT2D eigenvalue weighted by Crippen LogP contribution is -2.32. The van der Waals surface area contributed by atoms with Crippen molar-refractivity contribution < 1.29 is 19.0 Å². The van der Waals surface area contributed by atoms with Crippen molar-refractivity contribution in [3.8, 4) is 11.6 Å². The Morgan fingerprint density at radius 1 is 1.21 bits per heavy atom. The number of amides is 1. The zero-order valence-electron chi connectivity index (χ0n) is 19.2. The molecule has 2 aliphatic heterocycles. The second-order valence-corrected chi connectivity index (χ2v) is 8.40. The minimum absolute atomic E-state index is 0.0499. The van der Waals surface area contributed by atoms with Gasteiger partial charge >= 0.3 is 0 Å². The van der Waals surface area contributed by atoms with Gasteiger partial charge < -0.3 is 24.4 Å². The van der Waals surface area contributed by atoms with Gasteiger partial charge in [0.15, 0.2) is 0 Å². The van der Waals surface area contributed by atoms with Crippen molar-refractivity contribution in [3.63, 3.8) is 0 Å². The van der Waals surface area contributed by atoms with Crippen LogP contribution in [-0.2, 0) is 17.8 Å². The Balaban J connectivity index is 1.38. The molecule has 0 spiro atoms. The number of nitrogens with zero attached hydrogens (tertiary/aromatic N) is 3. The molecule has 2 aromatic carbocycles. The fourth-order valence-corrected chi connectivity index (χ4v) is 4.28. The minimum Gasteiger partial charge on any atom is -0.497 e. The van der Waals surface area contributed by atoms with Gasteiger partial charge in [-0.25, -0.2) is 4.98 Å². The van der Waals surface area contributed by atoms with E-state index >= 15 is 0 Å². The van der Waals surface area contributed by atoms with Crippen molar-refractivity contribution in [3.05, 3.63) is 71.4 Å². The third-order valence-corrected chi connectivity index (χ3v) is 6.16. The average Bonchev–Trinajstić information content (AvgIpc) is 3.56. The van der Waals surface area contributed by atoms with E-state index in [-0.39, 0.29) is 24.5 Å². The number of rotatable bonds is 8. The lowest BCUT2D eigenvalue weighted by Gasteiger charge is -2.19. The molecule has 1 unspecified atom stereocenters. The van der Waals surface area contributed by atoms with Crippen molar-refractivity contribution in [2.75, 3.05) is 31.7 Å². The van der Waals surface area contributed by atoms with E-state index in [4.69, 9.17) is 14.2 Å². The summed E-state index contributed by atoms with van der Waals surface area (Å²) in [5.41, 5.74) is 3.59. The highest BCUT2D eigenvalue weighted by Crippen LogP contribution is 2.33. The number of methoxy groups -OCH3 is 1. The smallest absolute Gasteiger partial charge is 0.258 e. The van der Waals surface area contributed by atoms with Crippen LogP contribution in [0.3, 0.4) is 0 Å². The fraction of sp³-hybridized carbons (Fsp3) is 0.346. The lowest BCUT2D eigenvalue weighted by molar-refractivity contribution is 0.0853. The largest absolute Gasteiger partial charge is 0.497 e. The van der Waals surface area contributed by atoms with Crippen LogP contribution in [0, 0.1) is 0 Å². The summed E-state index contributed by atoms with van der Waals surface area (Å²) in [5.74, 6) is 1.28. The Labute approximate surface area is 198 Å². The molecule has 0 saturated carbocycles. The van der Waals surface area contributed by atoms with Gasteiger partial charge in [0.1, 0.15) is 17.9 Å². The maximum atomic E-state index is 13.0. The number of ether oxygens (including phenoxy) is 3. The molecule has 8 heteroatoms. The van der Waals surface area contributed by atoms with Crippen molar-refractivity contribution in [1.29, 1.82) is 0 Å². The molecule has 176 valence electrons. The molecule has 3 heterocycles. The number of para-hydroxylation sites is 1. The second kappa shape index (κ2) is 10.1. The molecule has 0 bridgehead atoms. The Hall–Kier alpha value is -3.65. The predicted octanol–water partition coefficient (Wildman–Crippen LogP) is 3.67. The first-order valence-electron chi connectivity index (χ1n) is 11.6. The van der Waals surface area contributed by atoms with Crippen LogP contribution in [-0.4, -0.2) is 48.8 Å². The molecular weight excluding hydrogens is 432 g/mol. The SMILES string of the molecule is COc1ccc(COc2nc(N3CCc4ccccc43)ncc2C(=O)NCC2CCCO2)cc1. The third-order valence-electron chi connectivity index (χ3n) is 6.16. The molecule has 8 nitrogen and oxygen atoms in total. The number of hydrogen-bond acceptors (Lipinski definition) is 7. The van der Waals surface area contributed by atoms with Crippen molar-refractivity contribution >= 4 is 17.5 Å². The van der Waals surface area contributed by atoms with E-state index in [9.17, 15) is 4.79 Å². The van der Waals surface area contributed by atoms with Crippen LogP contribution in [0.2, 0.25) is 0 Å². The van der Waals surface area contributed by atoms with E-state index in [1.807, 2.05) is 36.4 Å². The zero-order valence-corrected chi connectivity index (χ0v) is 19.2. The van der Waals surface area contributed by atoms with Crippen LogP contribution in [0.15, 0.2) is 54.7 Å². The van der Waals surface area contributed by atoms with Gasteiger partial charge in [0.05, 0.1) is 13.2 Å². The summed E-state index contributed by atoms with van der Waals surface area (Å²) in [5, 5.41) is 2.95. The first kappa shape index (κ1) is 22.2. The minimum atomic E-state index is -0.270. The summed E-state index contributed by atoms with van der Waals surface area (Å²) in [6.07, 6.45) is 4.49. The molecule has 34 heavy (non-hydrogen) atoms. The number of anilines is 2. The Morgan fingerprint density at radius 3 is 2.85 bits per heavy atom. The highest BCUT2D eigenvalue weighted by atomic mass is 16.5. The van der Waals surface area contributed by atoms with Gasteiger partial charge in [-0.2, -0.15) is 4.98 Å². The van der Waals surface area contributed by atoms with Gasteiger partial charge in [0.2, 0.25) is 11.8 Å². The number of fused-ring (bicyclic) bond motifs is 1. The monoisotopic (exact) mass is 460 g/mol. The van der Waals surface area contributed by atoms with Gasteiger partial charge in [-0.1, -0.05) is 30.3 Å². The molecule has 1 saturated heterocycles. The summed E-state index contributed by atoms with van der Waals surface area (Å²) in [4.78, 5) is 24.3. The molecule has 0 radical (unpaired) electrons. The van der Waals surface area contributed by atoms with Crippen LogP contribution >= 0.6 is 0 Å². The predicted molar refractivity (Wildman–Crippen MR) is 128 cm³/mol. The number of hydrogen-bond donors (Lipinski definition) is 1. The standard InChI is InChI=1S/C26H28N4O4/c1-32-20-10-8-18(9-11-20)17-34-25-22(24(31)27-15-21-6-4-14-33-21)16-28-26(29-25)30-13-12-19-5-2-3-7-23(19)30/h2-3,5,7-11,16,21H,4,6,12-15,17H2,1H3,(H,27,31). The lowest BCUT2D eigenvalue weighted by atomic mass is 10.2. The first-order valence-corrected chi connectivity index (χ1v) is 11.6. The van der Waals surface area contributed by atoms with E-state index in [0.717, 1.165) is 49.4 Å². The molecule has 1 aromatic heterocycles. The fourth-order valence-electron chi connectivity index (χ4n) is 4.28. The van der Waals surface area contributed by atoms with E-state index in [0.29, 0.717) is 18.1 Å². The molecular formula is C26H28N4O4. The van der Waals surface area contributed by atoms with Gasteiger partial charge in [-0.05, 0) is 48.6 Å². The number of aromatic nitrogens is 2. The van der Waals surface area contributed by atoms with Crippen LogP contribution < -0.4 is 19.7 Å². The van der Waals surface area contributed by atoms with E-state index in [1.54, 1.807) is 13.3 Å². The Kier molecular flexibility index (Phi) is 6.58. The van der Waals surface area contributed by atoms with Crippen molar-refractivity contribution in [2.24, 2.45) is 0 Å². The van der Waals surface area contributed by atoms with Crippen LogP contribution in [0.25, 0.3) is 0 Å². The summed E-state index contributed by atoms with van der Waals surface area (Å²) >= 11 is 0. The summed E-state index contributed by atoms with van der Waals surface area (Å²) < 4.78 is 16.9. The third kappa shape index (κ3) is 4.82. The maximum absolute atomic E-state index is 13.0. The van der Waals surface area contributed by atoms with Gasteiger partial charge in [0.25, 0.3) is 5.91 Å². The van der Waals surface area contributed by atoms with Crippen LogP contribution in [0.4, 0.5) is 11.6 Å². The Morgan fingerprint density at radius 2 is 2.06 bits per heavy atom. The van der Waals surface area contributed by atoms with E-state index in [1.165, 1.54) is 5.56 Å². The molecule has 5 rings (SSSR count). The molecule has 1 amide bonds. The summed E-state index contributed by atoms with van der Waals surface area (Å²) in [6, 6.07) is 15.8. The topological polar surface area (TPSA) is 85.8 Å². The van der Waals surface area contributed by atoms with Gasteiger partial charge in [-0.3, -0.25) is 4.79 Å². The molecule has 1 fully saturated rings. The molecule has 2 aliphatic rings. The normalized spacial score (nSPS) is 16.9. The highest BCUT2D eigenvalue weighted by Gasteiger charge is 2.25. The summed E-state index contributed by atoms with van der Waals surface area (Å²) in [6.45, 7) is 2.24. The first-order chi connectivity index (χ1) is 16.7. The number of carbonyl (C=O) groups is 1. The number of carbonyl (C=O) groups excluding carboxylic acids is 1. The second-order valence-electron chi connectivity index (χ2n) is 8.40.